The van der Waals surface area contributed by atoms with E-state index in [2.05, 4.69) is 24.9 Å². The van der Waals surface area contributed by atoms with E-state index in [4.69, 9.17) is 17.3 Å². The van der Waals surface area contributed by atoms with Crippen molar-refractivity contribution >= 4 is 17.2 Å². The first-order valence-electron chi connectivity index (χ1n) is 5.50. The lowest BCUT2D eigenvalue weighted by atomic mass is 10.2. The Morgan fingerprint density at radius 2 is 2.19 bits per heavy atom. The molecule has 0 fully saturated rings. The van der Waals surface area contributed by atoms with Crippen molar-refractivity contribution in [1.29, 1.82) is 0 Å². The summed E-state index contributed by atoms with van der Waals surface area (Å²) in [4.78, 5) is 4.51. The van der Waals surface area contributed by atoms with Gasteiger partial charge in [0.2, 0.25) is 0 Å². The van der Waals surface area contributed by atoms with Crippen LogP contribution in [0.2, 0.25) is 5.15 Å². The molecule has 2 aromatic rings. The van der Waals surface area contributed by atoms with Gasteiger partial charge in [0.25, 0.3) is 0 Å². The normalized spacial score (nSPS) is 11.6. The Morgan fingerprint density at radius 3 is 2.81 bits per heavy atom. The lowest BCUT2D eigenvalue weighted by Crippen LogP contribution is -2.03. The zero-order valence-corrected chi connectivity index (χ0v) is 10.3. The first kappa shape index (κ1) is 11.4. The smallest absolute Gasteiger partial charge is 0.138 e. The van der Waals surface area contributed by atoms with Crippen LogP contribution in [-0.2, 0) is 6.42 Å². The second-order valence-electron chi connectivity index (χ2n) is 4.25. The average Bonchev–Trinajstić information content (AvgIpc) is 2.57. The highest BCUT2D eigenvalue weighted by Gasteiger charge is 2.12. The van der Waals surface area contributed by atoms with Crippen LogP contribution in [0.4, 0.5) is 0 Å². The molecule has 0 aliphatic heterocycles. The lowest BCUT2D eigenvalue weighted by molar-refractivity contribution is 0.834. The molecule has 0 unspecified atom stereocenters. The maximum atomic E-state index is 6.29. The molecule has 3 nitrogen and oxygen atoms in total. The van der Waals surface area contributed by atoms with Gasteiger partial charge in [0, 0.05) is 6.20 Å². The molecule has 0 aliphatic rings. The van der Waals surface area contributed by atoms with E-state index < -0.39 is 0 Å². The molecule has 0 saturated heterocycles. The SMILES string of the molecule is CC(C)c1nc2ccc(CCN)cn2c1Cl. The molecule has 0 aromatic carbocycles. The van der Waals surface area contributed by atoms with Crippen molar-refractivity contribution in [3.63, 3.8) is 0 Å². The van der Waals surface area contributed by atoms with Crippen LogP contribution in [0.15, 0.2) is 18.3 Å². The van der Waals surface area contributed by atoms with Gasteiger partial charge in [-0.05, 0) is 30.5 Å². The first-order chi connectivity index (χ1) is 7.63. The first-order valence-corrected chi connectivity index (χ1v) is 5.87. The highest BCUT2D eigenvalue weighted by Crippen LogP contribution is 2.25. The Bertz CT molecular complexity index is 502. The summed E-state index contributed by atoms with van der Waals surface area (Å²) in [5.74, 6) is 0.338. The third-order valence-electron chi connectivity index (χ3n) is 2.63. The van der Waals surface area contributed by atoms with Gasteiger partial charge in [-0.15, -0.1) is 0 Å². The molecule has 0 bridgehead atoms. The summed E-state index contributed by atoms with van der Waals surface area (Å²) in [7, 11) is 0. The van der Waals surface area contributed by atoms with Crippen LogP contribution in [0.25, 0.3) is 5.65 Å². The van der Waals surface area contributed by atoms with Crippen molar-refractivity contribution in [2.45, 2.75) is 26.2 Å². The zero-order valence-electron chi connectivity index (χ0n) is 9.57. The number of fused-ring (bicyclic) bond motifs is 1. The maximum absolute atomic E-state index is 6.29. The predicted octanol–water partition coefficient (Wildman–Crippen LogP) is 2.61. The fourth-order valence-electron chi connectivity index (χ4n) is 1.76. The molecule has 2 heterocycles. The number of aromatic nitrogens is 2. The van der Waals surface area contributed by atoms with E-state index in [0.29, 0.717) is 17.6 Å². The number of rotatable bonds is 3. The van der Waals surface area contributed by atoms with E-state index in [9.17, 15) is 0 Å². The van der Waals surface area contributed by atoms with Crippen LogP contribution in [-0.4, -0.2) is 15.9 Å². The van der Waals surface area contributed by atoms with Crippen LogP contribution in [0, 0.1) is 0 Å². The Morgan fingerprint density at radius 1 is 1.44 bits per heavy atom. The minimum Gasteiger partial charge on any atom is -0.330 e. The molecule has 2 rings (SSSR count). The van der Waals surface area contributed by atoms with E-state index >= 15 is 0 Å². The maximum Gasteiger partial charge on any atom is 0.138 e. The van der Waals surface area contributed by atoms with E-state index in [1.54, 1.807) is 0 Å². The highest BCUT2D eigenvalue weighted by atomic mass is 35.5. The minimum atomic E-state index is 0.338. The van der Waals surface area contributed by atoms with Crippen LogP contribution >= 0.6 is 11.6 Å². The molecule has 0 amide bonds. The van der Waals surface area contributed by atoms with E-state index in [1.807, 2.05) is 16.7 Å². The summed E-state index contributed by atoms with van der Waals surface area (Å²) >= 11 is 6.29. The molecule has 0 spiro atoms. The van der Waals surface area contributed by atoms with Crippen LogP contribution < -0.4 is 5.73 Å². The van der Waals surface area contributed by atoms with Gasteiger partial charge in [0.15, 0.2) is 0 Å². The van der Waals surface area contributed by atoms with Crippen molar-refractivity contribution in [1.82, 2.24) is 9.38 Å². The van der Waals surface area contributed by atoms with Gasteiger partial charge < -0.3 is 5.73 Å². The summed E-state index contributed by atoms with van der Waals surface area (Å²) < 4.78 is 1.93. The molecule has 0 atom stereocenters. The van der Waals surface area contributed by atoms with Crippen LogP contribution in [0.5, 0.6) is 0 Å². The molecular weight excluding hydrogens is 222 g/mol. The van der Waals surface area contributed by atoms with Gasteiger partial charge in [-0.25, -0.2) is 4.98 Å². The van der Waals surface area contributed by atoms with Crippen molar-refractivity contribution < 1.29 is 0 Å². The standard InChI is InChI=1S/C12H16ClN3/c1-8(2)11-12(13)16-7-9(5-6-14)3-4-10(16)15-11/h3-4,7-8H,5-6,14H2,1-2H3. The Hall–Kier alpha value is -1.06. The van der Waals surface area contributed by atoms with E-state index in [-0.39, 0.29) is 0 Å². The summed E-state index contributed by atoms with van der Waals surface area (Å²) in [6.07, 6.45) is 2.88. The number of hydrogen-bond acceptors (Lipinski definition) is 2. The zero-order chi connectivity index (χ0) is 11.7. The Kier molecular flexibility index (Phi) is 3.17. The van der Waals surface area contributed by atoms with Gasteiger partial charge in [0.05, 0.1) is 5.69 Å². The van der Waals surface area contributed by atoms with Gasteiger partial charge in [-0.3, -0.25) is 4.40 Å². The predicted molar refractivity (Wildman–Crippen MR) is 67.0 cm³/mol. The van der Waals surface area contributed by atoms with Crippen molar-refractivity contribution in [3.05, 3.63) is 34.7 Å². The van der Waals surface area contributed by atoms with Crippen molar-refractivity contribution in [2.24, 2.45) is 5.73 Å². The molecule has 0 aliphatic carbocycles. The number of halogens is 1. The molecule has 16 heavy (non-hydrogen) atoms. The third kappa shape index (κ3) is 1.93. The minimum absolute atomic E-state index is 0.338. The van der Waals surface area contributed by atoms with Crippen LogP contribution in [0.1, 0.15) is 31.0 Å². The largest absolute Gasteiger partial charge is 0.330 e. The summed E-state index contributed by atoms with van der Waals surface area (Å²) in [6, 6.07) is 4.04. The number of pyridine rings is 1. The van der Waals surface area contributed by atoms with Crippen molar-refractivity contribution in [2.75, 3.05) is 6.54 Å². The number of imidazole rings is 1. The Labute approximate surface area is 100 Å². The van der Waals surface area contributed by atoms with Gasteiger partial charge >= 0.3 is 0 Å². The fourth-order valence-corrected chi connectivity index (χ4v) is 2.16. The molecule has 0 radical (unpaired) electrons. The van der Waals surface area contributed by atoms with Crippen LogP contribution in [0.3, 0.4) is 0 Å². The molecule has 0 saturated carbocycles. The molecule has 86 valence electrons. The third-order valence-corrected chi connectivity index (χ3v) is 3.00. The summed E-state index contributed by atoms with van der Waals surface area (Å²) in [5, 5.41) is 0.712. The second-order valence-corrected chi connectivity index (χ2v) is 4.60. The monoisotopic (exact) mass is 237 g/mol. The molecule has 2 aromatic heterocycles. The molecule has 2 N–H and O–H groups in total. The van der Waals surface area contributed by atoms with Gasteiger partial charge in [-0.2, -0.15) is 0 Å². The highest BCUT2D eigenvalue weighted by molar-refractivity contribution is 6.30. The number of nitrogens with zero attached hydrogens (tertiary/aromatic N) is 2. The fraction of sp³-hybridized carbons (Fsp3) is 0.417. The Balaban J connectivity index is 2.55. The molecular formula is C12H16ClN3. The summed E-state index contributed by atoms with van der Waals surface area (Å²) in [5.41, 5.74) is 8.57. The number of nitrogens with two attached hydrogens (primary N) is 1. The van der Waals surface area contributed by atoms with Gasteiger partial charge in [-0.1, -0.05) is 31.5 Å². The lowest BCUT2D eigenvalue weighted by Gasteiger charge is -2.01. The quantitative estimate of drug-likeness (QED) is 0.892. The number of hydrogen-bond donors (Lipinski definition) is 1. The second kappa shape index (κ2) is 4.44. The summed E-state index contributed by atoms with van der Waals surface area (Å²) in [6.45, 7) is 4.83. The van der Waals surface area contributed by atoms with E-state index in [1.165, 1.54) is 5.56 Å². The van der Waals surface area contributed by atoms with Crippen molar-refractivity contribution in [3.8, 4) is 0 Å². The van der Waals surface area contributed by atoms with Gasteiger partial charge in [0.1, 0.15) is 10.8 Å². The average molecular weight is 238 g/mol. The molecule has 4 heteroatoms. The topological polar surface area (TPSA) is 43.3 Å². The van der Waals surface area contributed by atoms with E-state index in [0.717, 1.165) is 17.8 Å².